The molecule has 0 amide bonds. The zero-order chi connectivity index (χ0) is 22.6. The van der Waals surface area contributed by atoms with E-state index in [9.17, 15) is 0 Å². The zero-order valence-electron chi connectivity index (χ0n) is 18.4. The first kappa shape index (κ1) is 21.9. The maximum atomic E-state index is 8.36. The molecule has 6 rings (SSSR count). The molecule has 2 atom stereocenters. The number of benzene rings is 1. The Labute approximate surface area is 196 Å². The molecule has 172 valence electrons. The number of thiazole rings is 1. The van der Waals surface area contributed by atoms with Crippen molar-refractivity contribution in [1.82, 2.24) is 14.9 Å². The second kappa shape index (κ2) is 9.89. The van der Waals surface area contributed by atoms with Crippen molar-refractivity contribution in [2.24, 2.45) is 11.8 Å². The predicted molar refractivity (Wildman–Crippen MR) is 128 cm³/mol. The topological polar surface area (TPSA) is 88.7 Å². The number of aromatic nitrogens is 2. The Kier molecular flexibility index (Phi) is 6.55. The van der Waals surface area contributed by atoms with Crippen LogP contribution in [-0.4, -0.2) is 39.5 Å². The van der Waals surface area contributed by atoms with Crippen molar-refractivity contribution in [2.75, 3.05) is 13.1 Å². The molecule has 1 saturated heterocycles. The molecule has 0 spiro atoms. The normalized spacial score (nSPS) is 20.7. The Hall–Kier alpha value is -2.97. The number of hydrogen-bond acceptors (Lipinski definition) is 7. The Balaban J connectivity index is 0.000000724. The smallest absolute Gasteiger partial charge is 0.290 e. The number of nitrogens with zero attached hydrogens (tertiary/aromatic N) is 3. The monoisotopic (exact) mass is 465 g/mol. The molecule has 8 heteroatoms. The summed E-state index contributed by atoms with van der Waals surface area (Å²) in [5.41, 5.74) is 2.87. The van der Waals surface area contributed by atoms with Gasteiger partial charge in [0.2, 0.25) is 0 Å². The van der Waals surface area contributed by atoms with Gasteiger partial charge >= 0.3 is 0 Å². The minimum Gasteiger partial charge on any atom is -0.483 e. The van der Waals surface area contributed by atoms with Crippen LogP contribution in [0.1, 0.15) is 37.7 Å². The first-order valence-corrected chi connectivity index (χ1v) is 12.2. The number of fused-ring (bicyclic) bond motifs is 3. The zero-order valence-corrected chi connectivity index (χ0v) is 19.2. The Morgan fingerprint density at radius 2 is 2.06 bits per heavy atom. The number of rotatable bonds is 4. The summed E-state index contributed by atoms with van der Waals surface area (Å²) in [6.07, 6.45) is 10.7. The number of furan rings is 1. The van der Waals surface area contributed by atoms with E-state index in [4.69, 9.17) is 19.1 Å². The quantitative estimate of drug-likeness (QED) is 0.373. The van der Waals surface area contributed by atoms with E-state index < -0.39 is 0 Å². The molecule has 3 aromatic heterocycles. The van der Waals surface area contributed by atoms with Crippen LogP contribution in [-0.2, 0) is 11.3 Å². The summed E-state index contributed by atoms with van der Waals surface area (Å²) in [5, 5.41) is 8.67. The lowest BCUT2D eigenvalue weighted by molar-refractivity contribution is -0.122. The number of likely N-dealkylation sites (tertiary alicyclic amines) is 1. The van der Waals surface area contributed by atoms with Crippen molar-refractivity contribution < 1.29 is 19.1 Å². The van der Waals surface area contributed by atoms with Crippen LogP contribution in [0.25, 0.3) is 21.3 Å². The molecule has 33 heavy (non-hydrogen) atoms. The fraction of sp³-hybridized carbons (Fsp3) is 0.400. The summed E-state index contributed by atoms with van der Waals surface area (Å²) in [6, 6.07) is 10.0. The molecule has 2 unspecified atom stereocenters. The minimum atomic E-state index is -0.250. The summed E-state index contributed by atoms with van der Waals surface area (Å²) in [6.45, 7) is 3.17. The average molecular weight is 466 g/mol. The van der Waals surface area contributed by atoms with Gasteiger partial charge in [-0.05, 0) is 55.5 Å². The molecule has 1 saturated carbocycles. The highest BCUT2D eigenvalue weighted by Crippen LogP contribution is 2.37. The summed E-state index contributed by atoms with van der Waals surface area (Å²) in [7, 11) is 0. The SMILES string of the molecule is O=CO.c1cnc2nc(Oc3ccc4c(CN5CCC6CCCCC6C5)coc4c3)sc2c1. The minimum absolute atomic E-state index is 0.250. The lowest BCUT2D eigenvalue weighted by atomic mass is 9.75. The van der Waals surface area contributed by atoms with Crippen molar-refractivity contribution in [2.45, 2.75) is 38.6 Å². The van der Waals surface area contributed by atoms with Gasteiger partial charge in [0.15, 0.2) is 5.65 Å². The molecular formula is C25H27N3O4S. The highest BCUT2D eigenvalue weighted by molar-refractivity contribution is 7.20. The van der Waals surface area contributed by atoms with Gasteiger partial charge in [-0.3, -0.25) is 9.69 Å². The predicted octanol–water partition coefficient (Wildman–Crippen LogP) is 5.94. The van der Waals surface area contributed by atoms with Crippen molar-refractivity contribution in [3.8, 4) is 10.9 Å². The van der Waals surface area contributed by atoms with Gasteiger partial charge in [0.25, 0.3) is 11.7 Å². The molecule has 2 fully saturated rings. The molecule has 1 aliphatic carbocycles. The van der Waals surface area contributed by atoms with Crippen molar-refractivity contribution >= 4 is 39.1 Å². The Bertz CT molecular complexity index is 1200. The van der Waals surface area contributed by atoms with Crippen molar-refractivity contribution in [3.63, 3.8) is 0 Å². The Morgan fingerprint density at radius 1 is 1.21 bits per heavy atom. The van der Waals surface area contributed by atoms with Crippen LogP contribution in [0.2, 0.25) is 0 Å². The molecule has 2 aliphatic rings. The van der Waals surface area contributed by atoms with E-state index in [0.29, 0.717) is 5.19 Å². The number of pyridine rings is 1. The molecule has 1 N–H and O–H groups in total. The fourth-order valence-electron chi connectivity index (χ4n) is 5.20. The van der Waals surface area contributed by atoms with E-state index >= 15 is 0 Å². The van der Waals surface area contributed by atoms with E-state index in [-0.39, 0.29) is 6.47 Å². The van der Waals surface area contributed by atoms with Crippen LogP contribution < -0.4 is 4.74 Å². The molecular weight excluding hydrogens is 438 g/mol. The first-order valence-electron chi connectivity index (χ1n) is 11.4. The van der Waals surface area contributed by atoms with Crippen molar-refractivity contribution in [1.29, 1.82) is 0 Å². The lowest BCUT2D eigenvalue weighted by Gasteiger charge is -2.41. The van der Waals surface area contributed by atoms with Crippen LogP contribution >= 0.6 is 11.3 Å². The van der Waals surface area contributed by atoms with E-state index in [0.717, 1.165) is 40.1 Å². The molecule has 0 radical (unpaired) electrons. The van der Waals surface area contributed by atoms with Crippen molar-refractivity contribution in [3.05, 3.63) is 48.4 Å². The summed E-state index contributed by atoms with van der Waals surface area (Å²) in [5.74, 6) is 2.60. The van der Waals surface area contributed by atoms with E-state index in [1.54, 1.807) is 6.20 Å². The highest BCUT2D eigenvalue weighted by atomic mass is 32.1. The molecule has 4 aromatic rings. The van der Waals surface area contributed by atoms with Gasteiger partial charge < -0.3 is 14.3 Å². The van der Waals surface area contributed by atoms with Crippen LogP contribution in [0.15, 0.2) is 47.2 Å². The van der Waals surface area contributed by atoms with Crippen LogP contribution in [0.3, 0.4) is 0 Å². The van der Waals surface area contributed by atoms with Crippen LogP contribution in [0, 0.1) is 11.8 Å². The number of carboxylic acid groups (broad SMARTS) is 1. The van der Waals surface area contributed by atoms with Crippen LogP contribution in [0.4, 0.5) is 0 Å². The maximum absolute atomic E-state index is 8.36. The van der Waals surface area contributed by atoms with Gasteiger partial charge in [0, 0.05) is 36.3 Å². The molecule has 1 aromatic carbocycles. The first-order chi connectivity index (χ1) is 16.2. The third kappa shape index (κ3) is 4.86. The molecule has 1 aliphatic heterocycles. The second-order valence-electron chi connectivity index (χ2n) is 8.76. The van der Waals surface area contributed by atoms with Gasteiger partial charge in [-0.1, -0.05) is 30.6 Å². The number of ether oxygens (including phenoxy) is 1. The third-order valence-corrected chi connectivity index (χ3v) is 7.63. The Morgan fingerprint density at radius 3 is 2.91 bits per heavy atom. The molecule has 7 nitrogen and oxygen atoms in total. The summed E-state index contributed by atoms with van der Waals surface area (Å²) < 4.78 is 12.9. The second-order valence-corrected chi connectivity index (χ2v) is 9.75. The van der Waals surface area contributed by atoms with Gasteiger partial charge in [-0.25, -0.2) is 4.98 Å². The average Bonchev–Trinajstić information content (AvgIpc) is 3.43. The van der Waals surface area contributed by atoms with Gasteiger partial charge in [-0.15, -0.1) is 0 Å². The number of piperidine rings is 1. The highest BCUT2D eigenvalue weighted by Gasteiger charge is 2.31. The maximum Gasteiger partial charge on any atom is 0.290 e. The molecule has 0 bridgehead atoms. The molecule has 4 heterocycles. The van der Waals surface area contributed by atoms with Gasteiger partial charge in [0.05, 0.1) is 11.0 Å². The van der Waals surface area contributed by atoms with Gasteiger partial charge in [-0.2, -0.15) is 4.98 Å². The van der Waals surface area contributed by atoms with E-state index in [1.165, 1.54) is 67.5 Å². The van der Waals surface area contributed by atoms with Gasteiger partial charge in [0.1, 0.15) is 11.3 Å². The summed E-state index contributed by atoms with van der Waals surface area (Å²) in [4.78, 5) is 19.7. The number of hydrogen-bond donors (Lipinski definition) is 1. The van der Waals surface area contributed by atoms with Crippen LogP contribution in [0.5, 0.6) is 10.9 Å². The van der Waals surface area contributed by atoms with E-state index in [2.05, 4.69) is 20.9 Å². The third-order valence-electron chi connectivity index (χ3n) is 6.75. The largest absolute Gasteiger partial charge is 0.483 e. The lowest BCUT2D eigenvalue weighted by Crippen LogP contribution is -2.41. The fourth-order valence-corrected chi connectivity index (χ4v) is 6.00. The van der Waals surface area contributed by atoms with E-state index in [1.807, 2.05) is 30.5 Å². The number of carbonyl (C=O) groups is 1. The summed E-state index contributed by atoms with van der Waals surface area (Å²) >= 11 is 1.50. The standard InChI is InChI=1S/C24H25N3O2S.CH2O2/c1-2-5-17-13-27(11-9-16(17)4-1)14-18-15-28-21-12-19(7-8-20(18)21)29-24-26-23-22(30-24)6-3-10-25-23;2-1-3/h3,6-8,10,12,15-17H,1-2,4-5,9,11,13-14H2;1H,(H,2,3).